The zero-order valence-corrected chi connectivity index (χ0v) is 14.0. The van der Waals surface area contributed by atoms with Crippen molar-refractivity contribution in [3.63, 3.8) is 0 Å². The summed E-state index contributed by atoms with van der Waals surface area (Å²) in [6.45, 7) is 6.37. The van der Waals surface area contributed by atoms with Crippen molar-refractivity contribution in [1.82, 2.24) is 0 Å². The Morgan fingerprint density at radius 3 is 2.45 bits per heavy atom. The Hall–Kier alpha value is -2.00. The van der Waals surface area contributed by atoms with Crippen molar-refractivity contribution in [2.75, 3.05) is 12.4 Å². The molecule has 2 aromatic carbocycles. The molecule has 3 nitrogen and oxygen atoms in total. The number of methoxy groups -OCH3 is 1. The summed E-state index contributed by atoms with van der Waals surface area (Å²) in [4.78, 5) is 12.4. The number of anilines is 1. The Balaban J connectivity index is 2.33. The van der Waals surface area contributed by atoms with Crippen LogP contribution in [-0.4, -0.2) is 13.0 Å². The molecule has 0 aromatic heterocycles. The highest BCUT2D eigenvalue weighted by molar-refractivity contribution is 6.31. The van der Waals surface area contributed by atoms with Crippen LogP contribution in [0.2, 0.25) is 5.02 Å². The Bertz CT molecular complexity index is 690. The molecule has 1 N–H and O–H groups in total. The number of ether oxygens (including phenoxy) is 1. The highest BCUT2D eigenvalue weighted by Gasteiger charge is 2.17. The number of nitrogens with one attached hydrogen (secondary N) is 1. The van der Waals surface area contributed by atoms with Gasteiger partial charge in [-0.1, -0.05) is 44.5 Å². The van der Waals surface area contributed by atoms with E-state index in [1.165, 1.54) is 0 Å². The molecular formula is C18H20ClNO2. The summed E-state index contributed by atoms with van der Waals surface area (Å²) in [7, 11) is 1.58. The Kier molecular flexibility index (Phi) is 4.77. The van der Waals surface area contributed by atoms with Gasteiger partial charge in [0.15, 0.2) is 0 Å². The molecule has 116 valence electrons. The van der Waals surface area contributed by atoms with E-state index >= 15 is 0 Å². The van der Waals surface area contributed by atoms with E-state index < -0.39 is 0 Å². The molecular weight excluding hydrogens is 298 g/mol. The predicted octanol–water partition coefficient (Wildman–Crippen LogP) is 4.90. The minimum atomic E-state index is -0.216. The quantitative estimate of drug-likeness (QED) is 0.874. The van der Waals surface area contributed by atoms with Crippen molar-refractivity contribution in [2.24, 2.45) is 0 Å². The van der Waals surface area contributed by atoms with Crippen molar-refractivity contribution in [2.45, 2.75) is 26.2 Å². The average molecular weight is 318 g/mol. The first-order valence-electron chi connectivity index (χ1n) is 7.06. The number of hydrogen-bond donors (Lipinski definition) is 1. The van der Waals surface area contributed by atoms with E-state index in [4.69, 9.17) is 16.3 Å². The van der Waals surface area contributed by atoms with Crippen molar-refractivity contribution in [3.05, 3.63) is 58.6 Å². The molecule has 4 heteroatoms. The van der Waals surface area contributed by atoms with Crippen LogP contribution in [0.15, 0.2) is 42.5 Å². The number of benzene rings is 2. The number of hydrogen-bond acceptors (Lipinski definition) is 2. The summed E-state index contributed by atoms with van der Waals surface area (Å²) in [6, 6.07) is 12.7. The summed E-state index contributed by atoms with van der Waals surface area (Å²) >= 11 is 5.93. The van der Waals surface area contributed by atoms with Gasteiger partial charge in [-0.15, -0.1) is 0 Å². The largest absolute Gasteiger partial charge is 0.495 e. The fraction of sp³-hybridized carbons (Fsp3) is 0.278. The van der Waals surface area contributed by atoms with Gasteiger partial charge < -0.3 is 10.1 Å². The Morgan fingerprint density at radius 2 is 1.86 bits per heavy atom. The molecule has 2 rings (SSSR count). The second-order valence-corrected chi connectivity index (χ2v) is 6.57. The van der Waals surface area contributed by atoms with Crippen LogP contribution in [0.5, 0.6) is 5.75 Å². The molecule has 0 saturated carbocycles. The van der Waals surface area contributed by atoms with Gasteiger partial charge in [0.05, 0.1) is 12.8 Å². The highest BCUT2D eigenvalue weighted by Crippen LogP contribution is 2.31. The standard InChI is InChI=1S/C18H20ClNO2/c1-18(2,3)13-8-9-16(22-4)15(11-13)20-17(21)12-6-5-7-14(19)10-12/h5-11H,1-4H3,(H,20,21). The summed E-state index contributed by atoms with van der Waals surface area (Å²) < 4.78 is 5.33. The summed E-state index contributed by atoms with van der Waals surface area (Å²) in [6.07, 6.45) is 0. The van der Waals surface area contributed by atoms with Crippen molar-refractivity contribution >= 4 is 23.2 Å². The maximum Gasteiger partial charge on any atom is 0.255 e. The van der Waals surface area contributed by atoms with Gasteiger partial charge in [-0.25, -0.2) is 0 Å². The molecule has 22 heavy (non-hydrogen) atoms. The molecule has 0 aliphatic rings. The monoisotopic (exact) mass is 317 g/mol. The minimum absolute atomic E-state index is 0.0121. The molecule has 2 aromatic rings. The van der Waals surface area contributed by atoms with E-state index in [-0.39, 0.29) is 11.3 Å². The van der Waals surface area contributed by atoms with Gasteiger partial charge in [0, 0.05) is 10.6 Å². The van der Waals surface area contributed by atoms with Gasteiger partial charge in [-0.05, 0) is 41.3 Å². The summed E-state index contributed by atoms with van der Waals surface area (Å²) in [5.41, 5.74) is 2.27. The van der Waals surface area contributed by atoms with Crippen molar-refractivity contribution in [1.29, 1.82) is 0 Å². The number of halogens is 1. The van der Waals surface area contributed by atoms with Crippen LogP contribution in [-0.2, 0) is 5.41 Å². The molecule has 0 unspecified atom stereocenters. The topological polar surface area (TPSA) is 38.3 Å². The smallest absolute Gasteiger partial charge is 0.255 e. The first kappa shape index (κ1) is 16.4. The summed E-state index contributed by atoms with van der Waals surface area (Å²) in [5, 5.41) is 3.43. The molecule has 0 saturated heterocycles. The van der Waals surface area contributed by atoms with Gasteiger partial charge in [0.25, 0.3) is 5.91 Å². The second-order valence-electron chi connectivity index (χ2n) is 6.13. The average Bonchev–Trinajstić information content (AvgIpc) is 2.46. The highest BCUT2D eigenvalue weighted by atomic mass is 35.5. The number of amides is 1. The van der Waals surface area contributed by atoms with E-state index in [9.17, 15) is 4.79 Å². The second kappa shape index (κ2) is 6.41. The lowest BCUT2D eigenvalue weighted by Crippen LogP contribution is -2.15. The fourth-order valence-electron chi connectivity index (χ4n) is 2.10. The van der Waals surface area contributed by atoms with Crippen LogP contribution in [0.3, 0.4) is 0 Å². The fourth-order valence-corrected chi connectivity index (χ4v) is 2.29. The van der Waals surface area contributed by atoms with Gasteiger partial charge in [-0.3, -0.25) is 4.79 Å². The third kappa shape index (κ3) is 3.80. The number of carbonyl (C=O) groups is 1. The molecule has 0 radical (unpaired) electrons. The van der Waals surface area contributed by atoms with Crippen LogP contribution in [0, 0.1) is 0 Å². The SMILES string of the molecule is COc1ccc(C(C)(C)C)cc1NC(=O)c1cccc(Cl)c1. The minimum Gasteiger partial charge on any atom is -0.495 e. The zero-order chi connectivity index (χ0) is 16.3. The molecule has 0 spiro atoms. The molecule has 0 bridgehead atoms. The van der Waals surface area contributed by atoms with E-state index in [1.807, 2.05) is 18.2 Å². The van der Waals surface area contributed by atoms with E-state index in [0.29, 0.717) is 22.0 Å². The first-order valence-corrected chi connectivity index (χ1v) is 7.44. The molecule has 0 aliphatic carbocycles. The molecule has 0 aliphatic heterocycles. The third-order valence-corrected chi connectivity index (χ3v) is 3.64. The van der Waals surface area contributed by atoms with Crippen LogP contribution < -0.4 is 10.1 Å². The lowest BCUT2D eigenvalue weighted by Gasteiger charge is -2.21. The lowest BCUT2D eigenvalue weighted by atomic mass is 9.87. The van der Waals surface area contributed by atoms with Crippen LogP contribution in [0.4, 0.5) is 5.69 Å². The van der Waals surface area contributed by atoms with Crippen LogP contribution >= 0.6 is 11.6 Å². The zero-order valence-electron chi connectivity index (χ0n) is 13.2. The molecule has 1 amide bonds. The Labute approximate surface area is 136 Å². The first-order chi connectivity index (χ1) is 10.3. The van der Waals surface area contributed by atoms with Crippen molar-refractivity contribution in [3.8, 4) is 5.75 Å². The maximum absolute atomic E-state index is 12.4. The molecule has 0 fully saturated rings. The van der Waals surface area contributed by atoms with E-state index in [0.717, 1.165) is 5.56 Å². The van der Waals surface area contributed by atoms with Gasteiger partial charge in [-0.2, -0.15) is 0 Å². The van der Waals surface area contributed by atoms with E-state index in [1.54, 1.807) is 31.4 Å². The summed E-state index contributed by atoms with van der Waals surface area (Å²) in [5.74, 6) is 0.412. The molecule has 0 atom stereocenters. The van der Waals surface area contributed by atoms with Gasteiger partial charge in [0.1, 0.15) is 5.75 Å². The lowest BCUT2D eigenvalue weighted by molar-refractivity contribution is 0.102. The number of rotatable bonds is 3. The Morgan fingerprint density at radius 1 is 1.14 bits per heavy atom. The molecule has 0 heterocycles. The maximum atomic E-state index is 12.4. The van der Waals surface area contributed by atoms with Crippen LogP contribution in [0.25, 0.3) is 0 Å². The van der Waals surface area contributed by atoms with E-state index in [2.05, 4.69) is 26.1 Å². The van der Waals surface area contributed by atoms with Crippen LogP contribution in [0.1, 0.15) is 36.7 Å². The van der Waals surface area contributed by atoms with Crippen molar-refractivity contribution < 1.29 is 9.53 Å². The predicted molar refractivity (Wildman–Crippen MR) is 91.1 cm³/mol. The normalized spacial score (nSPS) is 11.1. The third-order valence-electron chi connectivity index (χ3n) is 3.40. The van der Waals surface area contributed by atoms with Gasteiger partial charge in [0.2, 0.25) is 0 Å². The number of carbonyl (C=O) groups excluding carboxylic acids is 1. The van der Waals surface area contributed by atoms with Gasteiger partial charge >= 0.3 is 0 Å².